The third-order valence-electron chi connectivity index (χ3n) is 2.50. The zero-order valence-corrected chi connectivity index (χ0v) is 9.24. The fourth-order valence-corrected chi connectivity index (χ4v) is 1.63. The zero-order valence-electron chi connectivity index (χ0n) is 9.24. The Morgan fingerprint density at radius 3 is 2.65 bits per heavy atom. The standard InChI is InChI=1S/C13H11F2NO/c1-8-5-6-9(7-17)13(16-8)10-3-2-4-11(14)12(10)15/h2-6,17H,7H2,1H3. The third kappa shape index (κ3) is 2.17. The smallest absolute Gasteiger partial charge is 0.168 e. The molecule has 2 rings (SSSR count). The molecule has 0 atom stereocenters. The summed E-state index contributed by atoms with van der Waals surface area (Å²) in [5.41, 5.74) is 1.50. The molecule has 0 saturated heterocycles. The number of hydrogen-bond donors (Lipinski definition) is 1. The lowest BCUT2D eigenvalue weighted by atomic mass is 10.0. The summed E-state index contributed by atoms with van der Waals surface area (Å²) in [5, 5.41) is 9.17. The maximum atomic E-state index is 13.6. The van der Waals surface area contributed by atoms with Gasteiger partial charge in [0.25, 0.3) is 0 Å². The lowest BCUT2D eigenvalue weighted by Crippen LogP contribution is -1.98. The molecule has 0 aliphatic heterocycles. The number of rotatable bonds is 2. The van der Waals surface area contributed by atoms with Crippen molar-refractivity contribution in [2.24, 2.45) is 0 Å². The first-order valence-electron chi connectivity index (χ1n) is 5.15. The summed E-state index contributed by atoms with van der Waals surface area (Å²) >= 11 is 0. The summed E-state index contributed by atoms with van der Waals surface area (Å²) in [7, 11) is 0. The molecule has 17 heavy (non-hydrogen) atoms. The molecule has 0 spiro atoms. The molecule has 0 aliphatic carbocycles. The topological polar surface area (TPSA) is 33.1 Å². The summed E-state index contributed by atoms with van der Waals surface area (Å²) in [6.45, 7) is 1.49. The SMILES string of the molecule is Cc1ccc(CO)c(-c2cccc(F)c2F)n1. The van der Waals surface area contributed by atoms with Crippen LogP contribution in [0, 0.1) is 18.6 Å². The molecule has 1 aromatic carbocycles. The zero-order chi connectivity index (χ0) is 12.4. The molecule has 0 radical (unpaired) electrons. The second-order valence-electron chi connectivity index (χ2n) is 3.72. The number of aliphatic hydroxyl groups is 1. The predicted molar refractivity (Wildman–Crippen MR) is 60.2 cm³/mol. The van der Waals surface area contributed by atoms with Gasteiger partial charge in [-0.05, 0) is 25.1 Å². The van der Waals surface area contributed by atoms with Crippen LogP contribution < -0.4 is 0 Å². The van der Waals surface area contributed by atoms with Gasteiger partial charge < -0.3 is 5.11 Å². The molecule has 0 amide bonds. The lowest BCUT2D eigenvalue weighted by Gasteiger charge is -2.09. The van der Waals surface area contributed by atoms with Crippen molar-refractivity contribution in [2.45, 2.75) is 13.5 Å². The van der Waals surface area contributed by atoms with E-state index in [1.54, 1.807) is 19.1 Å². The Balaban J connectivity index is 2.67. The van der Waals surface area contributed by atoms with Gasteiger partial charge in [-0.1, -0.05) is 12.1 Å². The van der Waals surface area contributed by atoms with E-state index in [0.717, 1.165) is 6.07 Å². The highest BCUT2D eigenvalue weighted by Gasteiger charge is 2.14. The van der Waals surface area contributed by atoms with Gasteiger partial charge in [0.1, 0.15) is 0 Å². The van der Waals surface area contributed by atoms with Crippen molar-refractivity contribution < 1.29 is 13.9 Å². The van der Waals surface area contributed by atoms with E-state index in [0.29, 0.717) is 11.3 Å². The van der Waals surface area contributed by atoms with Crippen LogP contribution in [0.1, 0.15) is 11.3 Å². The number of aromatic nitrogens is 1. The minimum Gasteiger partial charge on any atom is -0.392 e. The summed E-state index contributed by atoms with van der Waals surface area (Å²) in [6.07, 6.45) is 0. The van der Waals surface area contributed by atoms with E-state index in [9.17, 15) is 13.9 Å². The highest BCUT2D eigenvalue weighted by molar-refractivity contribution is 5.64. The van der Waals surface area contributed by atoms with E-state index in [4.69, 9.17) is 0 Å². The van der Waals surface area contributed by atoms with Crippen LogP contribution in [0.2, 0.25) is 0 Å². The maximum Gasteiger partial charge on any atom is 0.168 e. The number of benzene rings is 1. The average Bonchev–Trinajstić information content (AvgIpc) is 2.33. The number of aliphatic hydroxyl groups excluding tert-OH is 1. The van der Waals surface area contributed by atoms with Crippen molar-refractivity contribution in [2.75, 3.05) is 0 Å². The van der Waals surface area contributed by atoms with Crippen LogP contribution in [0.15, 0.2) is 30.3 Å². The fourth-order valence-electron chi connectivity index (χ4n) is 1.63. The van der Waals surface area contributed by atoms with Gasteiger partial charge in [-0.25, -0.2) is 8.78 Å². The molecule has 1 heterocycles. The summed E-state index contributed by atoms with van der Waals surface area (Å²) in [4.78, 5) is 4.15. The van der Waals surface area contributed by atoms with Gasteiger partial charge in [0.15, 0.2) is 11.6 Å². The molecule has 88 valence electrons. The molecule has 1 aromatic heterocycles. The Morgan fingerprint density at radius 2 is 1.94 bits per heavy atom. The Labute approximate surface area is 97.6 Å². The number of aryl methyl sites for hydroxylation is 1. The largest absolute Gasteiger partial charge is 0.392 e. The van der Waals surface area contributed by atoms with E-state index in [2.05, 4.69) is 4.98 Å². The Hall–Kier alpha value is -1.81. The van der Waals surface area contributed by atoms with Gasteiger partial charge >= 0.3 is 0 Å². The van der Waals surface area contributed by atoms with Crippen molar-refractivity contribution in [1.29, 1.82) is 0 Å². The highest BCUT2D eigenvalue weighted by Crippen LogP contribution is 2.26. The van der Waals surface area contributed by atoms with Gasteiger partial charge in [0, 0.05) is 16.8 Å². The summed E-state index contributed by atoms with van der Waals surface area (Å²) in [5.74, 6) is -1.87. The van der Waals surface area contributed by atoms with Crippen LogP contribution in [0.3, 0.4) is 0 Å². The first-order valence-corrected chi connectivity index (χ1v) is 5.15. The monoisotopic (exact) mass is 235 g/mol. The molecular weight excluding hydrogens is 224 g/mol. The first kappa shape index (κ1) is 11.7. The molecule has 0 aliphatic rings. The average molecular weight is 235 g/mol. The van der Waals surface area contributed by atoms with Crippen molar-refractivity contribution >= 4 is 0 Å². The first-order chi connectivity index (χ1) is 8.13. The van der Waals surface area contributed by atoms with Crippen LogP contribution in [-0.2, 0) is 6.61 Å². The van der Waals surface area contributed by atoms with Gasteiger partial charge in [-0.3, -0.25) is 4.98 Å². The minimum absolute atomic E-state index is 0.0674. The van der Waals surface area contributed by atoms with Crippen molar-refractivity contribution in [3.05, 3.63) is 53.2 Å². The Bertz CT molecular complexity index is 555. The van der Waals surface area contributed by atoms with E-state index >= 15 is 0 Å². The normalized spacial score (nSPS) is 10.6. The molecular formula is C13H11F2NO. The number of pyridine rings is 1. The summed E-state index contributed by atoms with van der Waals surface area (Å²) < 4.78 is 26.8. The molecule has 0 unspecified atom stereocenters. The number of nitrogens with zero attached hydrogens (tertiary/aromatic N) is 1. The Kier molecular flexibility index (Phi) is 3.15. The maximum absolute atomic E-state index is 13.6. The summed E-state index contributed by atoms with van der Waals surface area (Å²) in [6, 6.07) is 7.28. The highest BCUT2D eigenvalue weighted by atomic mass is 19.2. The molecule has 2 nitrogen and oxygen atoms in total. The number of halogens is 2. The van der Waals surface area contributed by atoms with Crippen LogP contribution in [-0.4, -0.2) is 10.1 Å². The van der Waals surface area contributed by atoms with Crippen molar-refractivity contribution in [1.82, 2.24) is 4.98 Å². The fraction of sp³-hybridized carbons (Fsp3) is 0.154. The van der Waals surface area contributed by atoms with Crippen LogP contribution >= 0.6 is 0 Å². The van der Waals surface area contributed by atoms with Gasteiger partial charge in [0.2, 0.25) is 0 Å². The van der Waals surface area contributed by atoms with Gasteiger partial charge in [-0.15, -0.1) is 0 Å². The van der Waals surface area contributed by atoms with Crippen LogP contribution in [0.25, 0.3) is 11.3 Å². The minimum atomic E-state index is -0.944. The molecule has 4 heteroatoms. The lowest BCUT2D eigenvalue weighted by molar-refractivity contribution is 0.282. The van der Waals surface area contributed by atoms with E-state index in [1.807, 2.05) is 0 Å². The molecule has 0 fully saturated rings. The molecule has 1 N–H and O–H groups in total. The second kappa shape index (κ2) is 4.59. The number of hydrogen-bond acceptors (Lipinski definition) is 2. The van der Waals surface area contributed by atoms with E-state index in [1.165, 1.54) is 12.1 Å². The van der Waals surface area contributed by atoms with Gasteiger partial charge in [-0.2, -0.15) is 0 Å². The van der Waals surface area contributed by atoms with Crippen molar-refractivity contribution in [3.63, 3.8) is 0 Å². The van der Waals surface area contributed by atoms with Crippen LogP contribution in [0.4, 0.5) is 8.78 Å². The Morgan fingerprint density at radius 1 is 1.18 bits per heavy atom. The second-order valence-corrected chi connectivity index (χ2v) is 3.72. The molecule has 2 aromatic rings. The van der Waals surface area contributed by atoms with E-state index in [-0.39, 0.29) is 17.9 Å². The molecule has 0 saturated carbocycles. The quantitative estimate of drug-likeness (QED) is 0.868. The van der Waals surface area contributed by atoms with Crippen LogP contribution in [0.5, 0.6) is 0 Å². The van der Waals surface area contributed by atoms with E-state index < -0.39 is 11.6 Å². The predicted octanol–water partition coefficient (Wildman–Crippen LogP) is 2.83. The third-order valence-corrected chi connectivity index (χ3v) is 2.50. The van der Waals surface area contributed by atoms with Crippen molar-refractivity contribution in [3.8, 4) is 11.3 Å². The molecule has 0 bridgehead atoms. The van der Waals surface area contributed by atoms with Gasteiger partial charge in [0.05, 0.1) is 12.3 Å².